The van der Waals surface area contributed by atoms with Crippen molar-refractivity contribution in [3.8, 4) is 11.1 Å². The smallest absolute Gasteiger partial charge is 0.0117 e. The highest BCUT2D eigenvalue weighted by Gasteiger charge is 2.15. The summed E-state index contributed by atoms with van der Waals surface area (Å²) in [5, 5.41) is 0. The van der Waals surface area contributed by atoms with E-state index in [1.165, 1.54) is 55.6 Å². The van der Waals surface area contributed by atoms with Crippen molar-refractivity contribution in [1.29, 1.82) is 0 Å². The Labute approximate surface area is 123 Å². The highest BCUT2D eigenvalue weighted by atomic mass is 14.2. The Kier molecular flexibility index (Phi) is 3.77. The van der Waals surface area contributed by atoms with E-state index in [-0.39, 0.29) is 0 Å². The van der Waals surface area contributed by atoms with Crippen molar-refractivity contribution in [3.63, 3.8) is 0 Å². The maximum absolute atomic E-state index is 2.37. The molecule has 0 amide bonds. The minimum Gasteiger partial charge on any atom is -0.0558 e. The lowest BCUT2D eigenvalue weighted by Crippen LogP contribution is -2.00. The molecule has 20 heavy (non-hydrogen) atoms. The molecule has 0 N–H and O–H groups in total. The van der Waals surface area contributed by atoms with Crippen molar-refractivity contribution in [2.75, 3.05) is 0 Å². The molecule has 0 aliphatic carbocycles. The van der Waals surface area contributed by atoms with E-state index in [1.54, 1.807) is 0 Å². The fraction of sp³-hybridized carbons (Fsp3) is 0.400. The summed E-state index contributed by atoms with van der Waals surface area (Å²) < 4.78 is 0. The zero-order valence-corrected chi connectivity index (χ0v) is 14.2. The van der Waals surface area contributed by atoms with E-state index in [1.807, 2.05) is 0 Å². The van der Waals surface area contributed by atoms with Gasteiger partial charge in [-0.25, -0.2) is 0 Å². The molecule has 0 radical (unpaired) electrons. The van der Waals surface area contributed by atoms with E-state index in [9.17, 15) is 0 Å². The third-order valence-corrected chi connectivity index (χ3v) is 5.12. The molecule has 2 aromatic rings. The van der Waals surface area contributed by atoms with Crippen LogP contribution in [0.25, 0.3) is 11.1 Å². The summed E-state index contributed by atoms with van der Waals surface area (Å²) in [7, 11) is 0. The molecule has 0 unspecified atom stereocenters. The summed E-state index contributed by atoms with van der Waals surface area (Å²) >= 11 is 0. The Hall–Kier alpha value is -1.56. The first kappa shape index (κ1) is 14.8. The zero-order chi connectivity index (χ0) is 15.2. The average Bonchev–Trinajstić information content (AvgIpc) is 2.40. The van der Waals surface area contributed by atoms with Crippen molar-refractivity contribution in [3.05, 3.63) is 56.6 Å². The summed E-state index contributed by atoms with van der Waals surface area (Å²) in [4.78, 5) is 0. The van der Waals surface area contributed by atoms with Gasteiger partial charge in [0.1, 0.15) is 0 Å². The summed E-state index contributed by atoms with van der Waals surface area (Å²) in [5.41, 5.74) is 14.1. The lowest BCUT2D eigenvalue weighted by molar-refractivity contribution is 1.19. The van der Waals surface area contributed by atoms with Crippen LogP contribution in [0.3, 0.4) is 0 Å². The van der Waals surface area contributed by atoms with Crippen LogP contribution in [0.5, 0.6) is 0 Å². The molecule has 0 heterocycles. The standard InChI is InChI=1S/C20H26/c1-11-9-12(2)16(6)20(15(11)5)19-10-13(3)14(4)17(7)18(19)8/h9-10H,1-8H3. The highest BCUT2D eigenvalue weighted by molar-refractivity contribution is 5.77. The predicted molar refractivity (Wildman–Crippen MR) is 89.8 cm³/mol. The van der Waals surface area contributed by atoms with E-state index in [2.05, 4.69) is 67.5 Å². The number of hydrogen-bond acceptors (Lipinski definition) is 0. The number of benzene rings is 2. The molecule has 2 rings (SSSR count). The Balaban J connectivity index is 2.89. The Bertz CT molecular complexity index is 662. The van der Waals surface area contributed by atoms with E-state index in [0.717, 1.165) is 0 Å². The molecule has 0 aliphatic heterocycles. The number of aryl methyl sites for hydroxylation is 3. The van der Waals surface area contributed by atoms with Gasteiger partial charge in [-0.1, -0.05) is 12.1 Å². The molecule has 2 aromatic carbocycles. The van der Waals surface area contributed by atoms with Crippen LogP contribution in [0.4, 0.5) is 0 Å². The van der Waals surface area contributed by atoms with Crippen LogP contribution < -0.4 is 0 Å². The molecule has 106 valence electrons. The van der Waals surface area contributed by atoms with Crippen LogP contribution >= 0.6 is 0 Å². The van der Waals surface area contributed by atoms with Gasteiger partial charge >= 0.3 is 0 Å². The fourth-order valence-corrected chi connectivity index (χ4v) is 3.09. The van der Waals surface area contributed by atoms with Gasteiger partial charge in [0.2, 0.25) is 0 Å². The van der Waals surface area contributed by atoms with Gasteiger partial charge in [0.25, 0.3) is 0 Å². The van der Waals surface area contributed by atoms with Gasteiger partial charge in [0.05, 0.1) is 0 Å². The molecule has 0 fully saturated rings. The largest absolute Gasteiger partial charge is 0.0558 e. The minimum atomic E-state index is 1.39. The van der Waals surface area contributed by atoms with Crippen molar-refractivity contribution in [1.82, 2.24) is 0 Å². The second kappa shape index (κ2) is 5.09. The van der Waals surface area contributed by atoms with Crippen molar-refractivity contribution >= 4 is 0 Å². The van der Waals surface area contributed by atoms with Gasteiger partial charge in [0, 0.05) is 0 Å². The first-order valence-electron chi connectivity index (χ1n) is 7.40. The zero-order valence-electron chi connectivity index (χ0n) is 14.2. The molecule has 0 saturated carbocycles. The van der Waals surface area contributed by atoms with Gasteiger partial charge in [0.15, 0.2) is 0 Å². The summed E-state index contributed by atoms with van der Waals surface area (Å²) in [6.07, 6.45) is 0. The predicted octanol–water partition coefficient (Wildman–Crippen LogP) is 5.82. The monoisotopic (exact) mass is 266 g/mol. The van der Waals surface area contributed by atoms with Crippen LogP contribution in [-0.4, -0.2) is 0 Å². The second-order valence-corrected chi connectivity index (χ2v) is 6.25. The fourth-order valence-electron chi connectivity index (χ4n) is 3.09. The van der Waals surface area contributed by atoms with E-state index in [0.29, 0.717) is 0 Å². The van der Waals surface area contributed by atoms with Crippen molar-refractivity contribution in [2.45, 2.75) is 55.4 Å². The maximum Gasteiger partial charge on any atom is -0.0117 e. The van der Waals surface area contributed by atoms with Crippen molar-refractivity contribution < 1.29 is 0 Å². The Morgan fingerprint density at radius 2 is 0.900 bits per heavy atom. The molecule has 0 bridgehead atoms. The van der Waals surface area contributed by atoms with Crippen LogP contribution in [0, 0.1) is 55.4 Å². The maximum atomic E-state index is 2.37. The molecule has 0 nitrogen and oxygen atoms in total. The highest BCUT2D eigenvalue weighted by Crippen LogP contribution is 2.36. The van der Waals surface area contributed by atoms with Crippen LogP contribution in [0.2, 0.25) is 0 Å². The summed E-state index contributed by atoms with van der Waals surface area (Å²) in [6, 6.07) is 4.67. The molecule has 0 heteroatoms. The van der Waals surface area contributed by atoms with Crippen LogP contribution in [0.1, 0.15) is 44.5 Å². The minimum absolute atomic E-state index is 1.39. The van der Waals surface area contributed by atoms with Crippen molar-refractivity contribution in [2.24, 2.45) is 0 Å². The van der Waals surface area contributed by atoms with Gasteiger partial charge in [-0.15, -0.1) is 0 Å². The molecule has 0 atom stereocenters. The Morgan fingerprint density at radius 1 is 0.450 bits per heavy atom. The Morgan fingerprint density at radius 3 is 1.40 bits per heavy atom. The van der Waals surface area contributed by atoms with Gasteiger partial charge in [-0.2, -0.15) is 0 Å². The van der Waals surface area contributed by atoms with Gasteiger partial charge in [-0.3, -0.25) is 0 Å². The van der Waals surface area contributed by atoms with Crippen LogP contribution in [-0.2, 0) is 0 Å². The quantitative estimate of drug-likeness (QED) is 0.610. The lowest BCUT2D eigenvalue weighted by atomic mass is 9.84. The molecule has 0 spiro atoms. The molecule has 0 saturated heterocycles. The molecular weight excluding hydrogens is 240 g/mol. The molecular formula is C20H26. The summed E-state index contributed by atoms with van der Waals surface area (Å²) in [5.74, 6) is 0. The third-order valence-electron chi connectivity index (χ3n) is 5.12. The average molecular weight is 266 g/mol. The number of rotatable bonds is 1. The van der Waals surface area contributed by atoms with E-state index >= 15 is 0 Å². The molecule has 0 aliphatic rings. The van der Waals surface area contributed by atoms with Crippen LogP contribution in [0.15, 0.2) is 12.1 Å². The molecule has 0 aromatic heterocycles. The first-order chi connectivity index (χ1) is 9.25. The summed E-state index contributed by atoms with van der Waals surface area (Å²) in [6.45, 7) is 17.9. The third kappa shape index (κ3) is 2.18. The normalized spacial score (nSPS) is 11.0. The van der Waals surface area contributed by atoms with E-state index in [4.69, 9.17) is 0 Å². The van der Waals surface area contributed by atoms with Gasteiger partial charge < -0.3 is 0 Å². The second-order valence-electron chi connectivity index (χ2n) is 6.25. The number of hydrogen-bond donors (Lipinski definition) is 0. The topological polar surface area (TPSA) is 0 Å². The van der Waals surface area contributed by atoms with Gasteiger partial charge in [-0.05, 0) is 111 Å². The van der Waals surface area contributed by atoms with E-state index < -0.39 is 0 Å². The SMILES string of the molecule is Cc1cc(-c2c(C)c(C)cc(C)c2C)c(C)c(C)c1C. The first-order valence-corrected chi connectivity index (χ1v) is 7.40. The lowest BCUT2D eigenvalue weighted by Gasteiger charge is -2.20.